The summed E-state index contributed by atoms with van der Waals surface area (Å²) in [6, 6.07) is 10.8. The highest BCUT2D eigenvalue weighted by molar-refractivity contribution is 5.92. The van der Waals surface area contributed by atoms with Crippen LogP contribution in [0.1, 0.15) is 13.9 Å². The van der Waals surface area contributed by atoms with E-state index in [1.54, 1.807) is 18.2 Å². The van der Waals surface area contributed by atoms with Gasteiger partial charge in [0.05, 0.1) is 1.37 Å². The molecule has 0 aromatic heterocycles. The first-order valence-electron chi connectivity index (χ1n) is 5.45. The number of carboxylic acid groups (broad SMARTS) is 1. The predicted octanol–water partition coefficient (Wildman–Crippen LogP) is 2.10. The Bertz CT molecular complexity index is 593. The number of carboxylic acids is 1. The van der Waals surface area contributed by atoms with Gasteiger partial charge in [0.1, 0.15) is 5.54 Å². The summed E-state index contributed by atoms with van der Waals surface area (Å²) in [7, 11) is 0. The van der Waals surface area contributed by atoms with Gasteiger partial charge in [0, 0.05) is 0 Å². The molecular weight excluding hydrogens is 202 g/mol. The van der Waals surface area contributed by atoms with E-state index in [9.17, 15) is 9.90 Å². The lowest BCUT2D eigenvalue weighted by Crippen LogP contribution is -2.41. The van der Waals surface area contributed by atoms with Crippen molar-refractivity contribution in [3.63, 3.8) is 0 Å². The maximum absolute atomic E-state index is 11.2. The number of hydrogen-bond acceptors (Lipinski definition) is 2. The van der Waals surface area contributed by atoms with E-state index < -0.39 is 11.5 Å². The minimum absolute atomic E-state index is 0.149. The van der Waals surface area contributed by atoms with Crippen molar-refractivity contribution in [2.24, 2.45) is 5.73 Å². The second-order valence-corrected chi connectivity index (χ2v) is 3.95. The third-order valence-corrected chi connectivity index (χ3v) is 2.68. The Morgan fingerprint density at radius 1 is 1.38 bits per heavy atom. The molecule has 0 aliphatic carbocycles. The summed E-state index contributed by atoms with van der Waals surface area (Å²) >= 11 is 0. The van der Waals surface area contributed by atoms with E-state index in [1.165, 1.54) is 6.92 Å². The highest BCUT2D eigenvalue weighted by Gasteiger charge is 2.31. The Kier molecular flexibility index (Phi) is 2.11. The number of aliphatic carboxylic acids is 1. The van der Waals surface area contributed by atoms with Crippen LogP contribution in [0.4, 0.5) is 0 Å². The van der Waals surface area contributed by atoms with Crippen molar-refractivity contribution >= 4 is 16.7 Å². The van der Waals surface area contributed by atoms with Gasteiger partial charge in [-0.15, -0.1) is 0 Å². The molecule has 0 aliphatic rings. The standard InChI is InChI=1S/C13H13NO2/c1-13(14,12(15)16)11-8-4-6-9-5-2-3-7-10(9)11/h2-8H,14H2,1H3,(H,15,16)/t13-/m1/s1/i8D. The zero-order valence-corrected chi connectivity index (χ0v) is 8.90. The Hall–Kier alpha value is -1.87. The molecule has 0 saturated carbocycles. The van der Waals surface area contributed by atoms with E-state index in [2.05, 4.69) is 0 Å². The van der Waals surface area contributed by atoms with Crippen molar-refractivity contribution in [2.75, 3.05) is 0 Å². The van der Waals surface area contributed by atoms with E-state index in [4.69, 9.17) is 7.10 Å². The lowest BCUT2D eigenvalue weighted by atomic mass is 9.89. The first kappa shape index (κ1) is 9.36. The second kappa shape index (κ2) is 3.61. The Labute approximate surface area is 94.9 Å². The maximum atomic E-state index is 11.2. The minimum atomic E-state index is -1.56. The van der Waals surface area contributed by atoms with Crippen LogP contribution >= 0.6 is 0 Å². The van der Waals surface area contributed by atoms with Crippen molar-refractivity contribution in [3.05, 3.63) is 48.0 Å². The van der Waals surface area contributed by atoms with E-state index in [0.29, 0.717) is 10.9 Å². The van der Waals surface area contributed by atoms with Crippen LogP contribution < -0.4 is 5.73 Å². The van der Waals surface area contributed by atoms with E-state index in [0.717, 1.165) is 5.39 Å². The van der Waals surface area contributed by atoms with Crippen LogP contribution in [0.3, 0.4) is 0 Å². The quantitative estimate of drug-likeness (QED) is 0.808. The number of fused-ring (bicyclic) bond motifs is 1. The summed E-state index contributed by atoms with van der Waals surface area (Å²) in [5, 5.41) is 10.8. The first-order chi connectivity index (χ1) is 7.94. The third-order valence-electron chi connectivity index (χ3n) is 2.68. The third kappa shape index (κ3) is 1.55. The molecule has 0 spiro atoms. The van der Waals surface area contributed by atoms with Gasteiger partial charge in [-0.1, -0.05) is 42.4 Å². The SMILES string of the molecule is [2H]c1ccc2ccccc2c1[C@@](C)(N)C(=O)O. The summed E-state index contributed by atoms with van der Waals surface area (Å²) in [6.45, 7) is 1.41. The lowest BCUT2D eigenvalue weighted by molar-refractivity contribution is -0.142. The summed E-state index contributed by atoms with van der Waals surface area (Å²) in [5.74, 6) is -1.14. The highest BCUT2D eigenvalue weighted by atomic mass is 16.4. The number of rotatable bonds is 2. The molecule has 2 aromatic carbocycles. The fourth-order valence-corrected chi connectivity index (χ4v) is 1.70. The summed E-state index contributed by atoms with van der Waals surface area (Å²) in [6.07, 6.45) is 0. The normalized spacial score (nSPS) is 15.5. The van der Waals surface area contributed by atoms with Crippen LogP contribution in [0.2, 0.25) is 0 Å². The van der Waals surface area contributed by atoms with E-state index >= 15 is 0 Å². The molecule has 0 bridgehead atoms. The Morgan fingerprint density at radius 2 is 2.00 bits per heavy atom. The Morgan fingerprint density at radius 3 is 2.69 bits per heavy atom. The fourth-order valence-electron chi connectivity index (χ4n) is 1.70. The molecule has 82 valence electrons. The van der Waals surface area contributed by atoms with Crippen molar-refractivity contribution in [1.29, 1.82) is 0 Å². The molecule has 2 aromatic rings. The van der Waals surface area contributed by atoms with Crippen molar-refractivity contribution in [1.82, 2.24) is 0 Å². The van der Waals surface area contributed by atoms with Gasteiger partial charge in [0.15, 0.2) is 0 Å². The minimum Gasteiger partial charge on any atom is -0.480 e. The predicted molar refractivity (Wildman–Crippen MR) is 63.1 cm³/mol. The van der Waals surface area contributed by atoms with Crippen molar-refractivity contribution in [2.45, 2.75) is 12.5 Å². The number of nitrogens with two attached hydrogens (primary N) is 1. The van der Waals surface area contributed by atoms with Crippen LogP contribution in [-0.2, 0) is 10.3 Å². The molecule has 0 radical (unpaired) electrons. The Balaban J connectivity index is 2.84. The zero-order valence-electron chi connectivity index (χ0n) is 9.90. The number of hydrogen-bond donors (Lipinski definition) is 2. The molecule has 16 heavy (non-hydrogen) atoms. The smallest absolute Gasteiger partial charge is 0.328 e. The molecule has 3 N–H and O–H groups in total. The van der Waals surface area contributed by atoms with Gasteiger partial charge < -0.3 is 10.8 Å². The van der Waals surface area contributed by atoms with Crippen LogP contribution in [0, 0.1) is 0 Å². The summed E-state index contributed by atoms with van der Waals surface area (Å²) in [5.41, 5.74) is 4.62. The molecule has 1 atom stereocenters. The fraction of sp³-hybridized carbons (Fsp3) is 0.154. The molecule has 3 nitrogen and oxygen atoms in total. The summed E-state index contributed by atoms with van der Waals surface area (Å²) < 4.78 is 7.86. The first-order valence-corrected chi connectivity index (χ1v) is 4.95. The van der Waals surface area contributed by atoms with Crippen molar-refractivity contribution < 1.29 is 11.3 Å². The topological polar surface area (TPSA) is 63.3 Å². The lowest BCUT2D eigenvalue weighted by Gasteiger charge is -2.21. The maximum Gasteiger partial charge on any atom is 0.328 e. The summed E-state index contributed by atoms with van der Waals surface area (Å²) in [4.78, 5) is 11.2. The van der Waals surface area contributed by atoms with Gasteiger partial charge in [-0.25, -0.2) is 4.79 Å². The monoisotopic (exact) mass is 216 g/mol. The highest BCUT2D eigenvalue weighted by Crippen LogP contribution is 2.26. The zero-order chi connectivity index (χ0) is 12.6. The van der Waals surface area contributed by atoms with Gasteiger partial charge >= 0.3 is 5.97 Å². The van der Waals surface area contributed by atoms with E-state index in [-0.39, 0.29) is 6.04 Å². The number of benzene rings is 2. The molecular formula is C13H13NO2. The molecule has 0 aliphatic heterocycles. The molecule has 3 heteroatoms. The molecule has 0 amide bonds. The average molecular weight is 216 g/mol. The van der Waals surface area contributed by atoms with E-state index in [1.807, 2.05) is 18.2 Å². The average Bonchev–Trinajstić information content (AvgIpc) is 2.28. The van der Waals surface area contributed by atoms with Gasteiger partial charge in [0.2, 0.25) is 0 Å². The molecule has 0 saturated heterocycles. The molecule has 0 unspecified atom stereocenters. The van der Waals surface area contributed by atoms with Gasteiger partial charge in [-0.2, -0.15) is 0 Å². The van der Waals surface area contributed by atoms with Crippen LogP contribution in [0.5, 0.6) is 0 Å². The van der Waals surface area contributed by atoms with Gasteiger partial charge in [0.25, 0.3) is 0 Å². The molecule has 2 rings (SSSR count). The molecule has 0 heterocycles. The van der Waals surface area contributed by atoms with Crippen LogP contribution in [-0.4, -0.2) is 11.1 Å². The van der Waals surface area contributed by atoms with Crippen LogP contribution in [0.25, 0.3) is 10.8 Å². The van der Waals surface area contributed by atoms with Gasteiger partial charge in [-0.05, 0) is 23.3 Å². The second-order valence-electron chi connectivity index (χ2n) is 3.95. The van der Waals surface area contributed by atoms with Crippen molar-refractivity contribution in [3.8, 4) is 0 Å². The van der Waals surface area contributed by atoms with Gasteiger partial charge in [-0.3, -0.25) is 0 Å². The largest absolute Gasteiger partial charge is 0.480 e. The van der Waals surface area contributed by atoms with Crippen LogP contribution in [0.15, 0.2) is 42.4 Å². The number of carbonyl (C=O) groups is 1. The molecule has 0 fully saturated rings.